The van der Waals surface area contributed by atoms with Crippen molar-refractivity contribution in [1.29, 1.82) is 0 Å². The first-order valence-corrected chi connectivity index (χ1v) is 9.91. The van der Waals surface area contributed by atoms with Crippen LogP contribution in [-0.2, 0) is 18.4 Å². The van der Waals surface area contributed by atoms with E-state index in [1.54, 1.807) is 17.7 Å². The minimum atomic E-state index is -0.251. The van der Waals surface area contributed by atoms with Crippen molar-refractivity contribution in [2.24, 2.45) is 7.05 Å². The van der Waals surface area contributed by atoms with Gasteiger partial charge in [-0.15, -0.1) is 0 Å². The molecule has 6 nitrogen and oxygen atoms in total. The summed E-state index contributed by atoms with van der Waals surface area (Å²) in [5.74, 6) is -0.251. The van der Waals surface area contributed by atoms with Crippen LogP contribution in [0.15, 0.2) is 47.3 Å². The summed E-state index contributed by atoms with van der Waals surface area (Å²) in [5, 5.41) is 3.53. The third-order valence-electron chi connectivity index (χ3n) is 5.28. The number of piperidine rings is 1. The molecule has 0 spiro atoms. The van der Waals surface area contributed by atoms with Gasteiger partial charge in [-0.3, -0.25) is 13.9 Å². The third-order valence-corrected chi connectivity index (χ3v) is 5.52. The van der Waals surface area contributed by atoms with Gasteiger partial charge in [0.25, 0.3) is 0 Å². The smallest absolute Gasteiger partial charge is 0.329 e. The Labute approximate surface area is 168 Å². The Morgan fingerprint density at radius 2 is 1.79 bits per heavy atom. The van der Waals surface area contributed by atoms with Crippen molar-refractivity contribution < 1.29 is 4.79 Å². The first-order chi connectivity index (χ1) is 13.5. The van der Waals surface area contributed by atoms with Gasteiger partial charge in [0, 0.05) is 25.2 Å². The average Bonchev–Trinajstić information content (AvgIpc) is 2.94. The van der Waals surface area contributed by atoms with Crippen LogP contribution in [0.4, 0.5) is 11.4 Å². The third kappa shape index (κ3) is 3.52. The van der Waals surface area contributed by atoms with E-state index in [4.69, 9.17) is 11.6 Å². The van der Waals surface area contributed by atoms with Gasteiger partial charge in [0.2, 0.25) is 5.91 Å². The molecule has 2 heterocycles. The lowest BCUT2D eigenvalue weighted by atomic mass is 10.1. The maximum atomic E-state index is 12.8. The molecule has 4 rings (SSSR count). The Morgan fingerprint density at radius 1 is 1.07 bits per heavy atom. The summed E-state index contributed by atoms with van der Waals surface area (Å²) >= 11 is 6.18. The molecule has 1 aliphatic heterocycles. The highest BCUT2D eigenvalue weighted by atomic mass is 35.5. The second-order valence-corrected chi connectivity index (χ2v) is 7.61. The number of nitrogens with zero attached hydrogens (tertiary/aromatic N) is 3. The Bertz CT molecular complexity index is 1080. The molecule has 1 N–H and O–H groups in total. The summed E-state index contributed by atoms with van der Waals surface area (Å²) in [4.78, 5) is 27.6. The van der Waals surface area contributed by atoms with Gasteiger partial charge in [-0.1, -0.05) is 23.7 Å². The van der Waals surface area contributed by atoms with E-state index in [1.807, 2.05) is 36.4 Å². The lowest BCUT2D eigenvalue weighted by Gasteiger charge is -2.30. The number of amides is 1. The van der Waals surface area contributed by atoms with Crippen LogP contribution in [0.2, 0.25) is 5.02 Å². The molecule has 1 aromatic heterocycles. The summed E-state index contributed by atoms with van der Waals surface area (Å²) in [5.41, 5.74) is 3.00. The molecule has 0 radical (unpaired) electrons. The number of nitrogens with one attached hydrogen (secondary N) is 1. The molecule has 7 heteroatoms. The van der Waals surface area contributed by atoms with E-state index in [0.29, 0.717) is 10.7 Å². The zero-order valence-electron chi connectivity index (χ0n) is 15.8. The van der Waals surface area contributed by atoms with Crippen LogP contribution in [0.5, 0.6) is 0 Å². The molecule has 2 aromatic carbocycles. The summed E-state index contributed by atoms with van der Waals surface area (Å²) in [6, 6.07) is 13.0. The Morgan fingerprint density at radius 3 is 2.54 bits per heavy atom. The molecule has 0 aliphatic carbocycles. The van der Waals surface area contributed by atoms with Crippen LogP contribution < -0.4 is 15.9 Å². The van der Waals surface area contributed by atoms with Crippen LogP contribution >= 0.6 is 11.6 Å². The molecule has 1 fully saturated rings. The Kier molecular flexibility index (Phi) is 5.13. The number of carbonyl (C=O) groups excluding carboxylic acids is 1. The number of rotatable bonds is 4. The molecule has 1 amide bonds. The minimum absolute atomic E-state index is 0.0495. The largest absolute Gasteiger partial charge is 0.370 e. The fourth-order valence-corrected chi connectivity index (χ4v) is 4.04. The maximum absolute atomic E-state index is 12.8. The van der Waals surface area contributed by atoms with Gasteiger partial charge in [-0.2, -0.15) is 0 Å². The highest BCUT2D eigenvalue weighted by Crippen LogP contribution is 2.31. The first kappa shape index (κ1) is 18.6. The number of aromatic nitrogens is 2. The number of halogens is 1. The van der Waals surface area contributed by atoms with E-state index in [2.05, 4.69) is 10.2 Å². The fourth-order valence-electron chi connectivity index (χ4n) is 3.87. The molecular weight excluding hydrogens is 376 g/mol. The number of hydrogen-bond donors (Lipinski definition) is 1. The standard InChI is InChI=1S/C21H23ClN4O2/c1-24-18-7-3-4-8-19(18)26(21(24)28)14-20(27)23-16-13-15(22)9-10-17(16)25-11-5-2-6-12-25/h3-4,7-10,13H,2,5-6,11-12,14H2,1H3,(H,23,27). The second kappa shape index (κ2) is 7.72. The molecule has 3 aromatic rings. The van der Waals surface area contributed by atoms with Gasteiger partial charge in [-0.05, 0) is 49.6 Å². The second-order valence-electron chi connectivity index (χ2n) is 7.17. The zero-order chi connectivity index (χ0) is 19.7. The fraction of sp³-hybridized carbons (Fsp3) is 0.333. The van der Waals surface area contributed by atoms with E-state index in [-0.39, 0.29) is 18.1 Å². The van der Waals surface area contributed by atoms with E-state index in [1.165, 1.54) is 11.0 Å². The van der Waals surface area contributed by atoms with E-state index in [0.717, 1.165) is 42.7 Å². The molecule has 0 saturated carbocycles. The van der Waals surface area contributed by atoms with Crippen molar-refractivity contribution in [2.45, 2.75) is 25.8 Å². The van der Waals surface area contributed by atoms with Crippen molar-refractivity contribution in [3.05, 3.63) is 58.0 Å². The quantitative estimate of drug-likeness (QED) is 0.730. The van der Waals surface area contributed by atoms with Crippen LogP contribution in [-0.4, -0.2) is 28.1 Å². The van der Waals surface area contributed by atoms with Gasteiger partial charge in [0.05, 0.1) is 22.4 Å². The maximum Gasteiger partial charge on any atom is 0.329 e. The summed E-state index contributed by atoms with van der Waals surface area (Å²) in [6.45, 7) is 1.88. The van der Waals surface area contributed by atoms with Gasteiger partial charge in [0.1, 0.15) is 6.54 Å². The topological polar surface area (TPSA) is 59.3 Å². The first-order valence-electron chi connectivity index (χ1n) is 9.53. The number of benzene rings is 2. The Balaban J connectivity index is 1.61. The van der Waals surface area contributed by atoms with Gasteiger partial charge in [-0.25, -0.2) is 4.79 Å². The van der Waals surface area contributed by atoms with Crippen LogP contribution in [0, 0.1) is 0 Å². The number of imidazole rings is 1. The molecule has 146 valence electrons. The summed E-state index contributed by atoms with van der Waals surface area (Å²) in [6.07, 6.45) is 3.51. The van der Waals surface area contributed by atoms with Crippen LogP contribution in [0.3, 0.4) is 0 Å². The number of aryl methyl sites for hydroxylation is 1. The lowest BCUT2D eigenvalue weighted by Crippen LogP contribution is -2.31. The van der Waals surface area contributed by atoms with Crippen LogP contribution in [0.25, 0.3) is 11.0 Å². The van der Waals surface area contributed by atoms with Gasteiger partial charge in [0.15, 0.2) is 0 Å². The molecular formula is C21H23ClN4O2. The van der Waals surface area contributed by atoms with Crippen molar-refractivity contribution in [3.8, 4) is 0 Å². The van der Waals surface area contributed by atoms with Gasteiger partial charge >= 0.3 is 5.69 Å². The minimum Gasteiger partial charge on any atom is -0.370 e. The molecule has 0 unspecified atom stereocenters. The van der Waals surface area contributed by atoms with Crippen LogP contribution in [0.1, 0.15) is 19.3 Å². The van der Waals surface area contributed by atoms with Gasteiger partial charge < -0.3 is 10.2 Å². The Hall–Kier alpha value is -2.73. The number of fused-ring (bicyclic) bond motifs is 1. The van der Waals surface area contributed by atoms with Crippen molar-refractivity contribution >= 4 is 39.9 Å². The van der Waals surface area contributed by atoms with Crippen molar-refractivity contribution in [3.63, 3.8) is 0 Å². The predicted octanol–water partition coefficient (Wildman–Crippen LogP) is 3.62. The molecule has 0 bridgehead atoms. The lowest BCUT2D eigenvalue weighted by molar-refractivity contribution is -0.116. The number of anilines is 2. The number of carbonyl (C=O) groups is 1. The average molecular weight is 399 g/mol. The SMILES string of the molecule is Cn1c(=O)n(CC(=O)Nc2cc(Cl)ccc2N2CCCCC2)c2ccccc21. The highest BCUT2D eigenvalue weighted by Gasteiger charge is 2.18. The van der Waals surface area contributed by atoms with E-state index < -0.39 is 0 Å². The van der Waals surface area contributed by atoms with E-state index >= 15 is 0 Å². The van der Waals surface area contributed by atoms with E-state index in [9.17, 15) is 9.59 Å². The predicted molar refractivity (Wildman–Crippen MR) is 113 cm³/mol. The number of hydrogen-bond acceptors (Lipinski definition) is 3. The summed E-state index contributed by atoms with van der Waals surface area (Å²) < 4.78 is 3.05. The molecule has 28 heavy (non-hydrogen) atoms. The number of para-hydroxylation sites is 2. The van der Waals surface area contributed by atoms with Crippen molar-refractivity contribution in [1.82, 2.24) is 9.13 Å². The van der Waals surface area contributed by atoms with Crippen molar-refractivity contribution in [2.75, 3.05) is 23.3 Å². The highest BCUT2D eigenvalue weighted by molar-refractivity contribution is 6.31. The molecule has 1 saturated heterocycles. The summed E-state index contributed by atoms with van der Waals surface area (Å²) in [7, 11) is 1.71. The monoisotopic (exact) mass is 398 g/mol. The zero-order valence-corrected chi connectivity index (χ0v) is 16.6. The normalized spacial score (nSPS) is 14.4. The molecule has 1 aliphatic rings. The molecule has 0 atom stereocenters.